The molecule has 2 aromatic carbocycles. The Morgan fingerprint density at radius 3 is 2.72 bits per heavy atom. The van der Waals surface area contributed by atoms with Crippen molar-refractivity contribution in [3.05, 3.63) is 35.4 Å². The van der Waals surface area contributed by atoms with Gasteiger partial charge < -0.3 is 20.7 Å². The average molecular weight is 664 g/mol. The fraction of sp³-hybridized carbons (Fsp3) is 0.516. The first-order valence-electron chi connectivity index (χ1n) is 15.3. The Morgan fingerprint density at radius 2 is 1.96 bits per heavy atom. The predicted molar refractivity (Wildman–Crippen MR) is 163 cm³/mol. The van der Waals surface area contributed by atoms with Gasteiger partial charge in [0.25, 0.3) is 0 Å². The number of ether oxygens (including phenoxy) is 1. The summed E-state index contributed by atoms with van der Waals surface area (Å²) in [5.74, 6) is -1.89. The van der Waals surface area contributed by atoms with Gasteiger partial charge in [-0.25, -0.2) is 18.2 Å². The maximum atomic E-state index is 16.9. The second-order valence-electron chi connectivity index (χ2n) is 13.1. The molecular formula is C31H31F6N7OS. The summed E-state index contributed by atoms with van der Waals surface area (Å²) >= 11 is 0.764. The molecule has 3 atom stereocenters. The third kappa shape index (κ3) is 4.60. The molecule has 244 valence electrons. The summed E-state index contributed by atoms with van der Waals surface area (Å²) in [5.41, 5.74) is 2.31. The lowest BCUT2D eigenvalue weighted by atomic mass is 9.94. The van der Waals surface area contributed by atoms with Crippen molar-refractivity contribution < 1.29 is 31.1 Å². The fourth-order valence-corrected chi connectivity index (χ4v) is 8.77. The molecule has 4 aromatic rings. The van der Waals surface area contributed by atoms with Crippen molar-refractivity contribution >= 4 is 43.4 Å². The van der Waals surface area contributed by atoms with Gasteiger partial charge in [0, 0.05) is 61.1 Å². The molecule has 2 aromatic heterocycles. The number of nitrogen functional groups attached to an aromatic ring is 1. The topological polar surface area (TPSA) is 92.4 Å². The van der Waals surface area contributed by atoms with E-state index < -0.39 is 40.6 Å². The smallest absolute Gasteiger partial charge is 0.417 e. The van der Waals surface area contributed by atoms with Gasteiger partial charge in [-0.1, -0.05) is 11.3 Å². The van der Waals surface area contributed by atoms with Gasteiger partial charge in [-0.2, -0.15) is 23.1 Å². The molecule has 1 spiro atoms. The molecule has 0 amide bonds. The van der Waals surface area contributed by atoms with E-state index in [4.69, 9.17) is 10.5 Å². The second kappa shape index (κ2) is 10.3. The lowest BCUT2D eigenvalue weighted by Gasteiger charge is -2.32. The van der Waals surface area contributed by atoms with Crippen molar-refractivity contribution in [1.82, 2.24) is 25.2 Å². The number of rotatable bonds is 6. The van der Waals surface area contributed by atoms with Gasteiger partial charge in [0.2, 0.25) is 0 Å². The Kier molecular flexibility index (Phi) is 6.69. The third-order valence-electron chi connectivity index (χ3n) is 10.4. The number of nitrogens with zero attached hydrogens (tertiary/aromatic N) is 5. The molecule has 4 fully saturated rings. The van der Waals surface area contributed by atoms with Crippen LogP contribution in [0.2, 0.25) is 0 Å². The minimum Gasteiger partial charge on any atom is -0.461 e. The number of fused-ring (bicyclic) bond motifs is 3. The highest BCUT2D eigenvalue weighted by Crippen LogP contribution is 2.53. The van der Waals surface area contributed by atoms with Crippen LogP contribution in [0.25, 0.3) is 32.2 Å². The first-order chi connectivity index (χ1) is 21.9. The number of hydrogen-bond acceptors (Lipinski definition) is 9. The molecule has 1 aliphatic carbocycles. The number of halogens is 6. The fourth-order valence-electron chi connectivity index (χ4n) is 8.01. The summed E-state index contributed by atoms with van der Waals surface area (Å²) in [6.45, 7) is 2.44. The SMILES string of the molecule is CN(c1nc(OC[C@@]23CCCN2C[C@H](F)C3)nc2c(F)c(-c3ccc(F)c4sc(N)nc34)c(C(F)(F)F)cc12)[C@H]1CNCC12CC2. The second-order valence-corrected chi connectivity index (χ2v) is 14.2. The Hall–Kier alpha value is -3.43. The molecule has 46 heavy (non-hydrogen) atoms. The zero-order chi connectivity index (χ0) is 32.2. The molecule has 0 radical (unpaired) electrons. The molecule has 3 saturated heterocycles. The highest BCUT2D eigenvalue weighted by molar-refractivity contribution is 7.22. The standard InChI is InChI=1S/C31H31F6N7OS/c1-43(20-11-39-13-29(20)6-7-29)26-17-9-18(31(35,36)37)21(16-3-4-19(33)25-24(16)40-27(38)46-25)22(34)23(17)41-28(42-26)45-14-30-5-2-8-44(30)12-15(32)10-30/h3-4,9,15,20,39H,2,5-8,10-14H2,1H3,(H2,38,40)/t15-,20+,30+/m1/s1. The summed E-state index contributed by atoms with van der Waals surface area (Å²) in [6.07, 6.45) is -2.21. The Bertz CT molecular complexity index is 1880. The minimum absolute atomic E-state index is 0.0497. The Labute approximate surface area is 263 Å². The highest BCUT2D eigenvalue weighted by Gasteiger charge is 2.54. The van der Waals surface area contributed by atoms with E-state index in [0.29, 0.717) is 13.1 Å². The van der Waals surface area contributed by atoms with Crippen LogP contribution >= 0.6 is 11.3 Å². The Balaban J connectivity index is 1.32. The number of nitrogens with two attached hydrogens (primary N) is 1. The lowest BCUT2D eigenvalue weighted by molar-refractivity contribution is -0.137. The van der Waals surface area contributed by atoms with E-state index in [1.165, 1.54) is 0 Å². The number of anilines is 2. The molecule has 5 heterocycles. The van der Waals surface area contributed by atoms with Crippen molar-refractivity contribution in [2.24, 2.45) is 5.41 Å². The van der Waals surface area contributed by atoms with Crippen LogP contribution < -0.4 is 20.7 Å². The quantitative estimate of drug-likeness (QED) is 0.246. The van der Waals surface area contributed by atoms with E-state index in [1.807, 2.05) is 0 Å². The van der Waals surface area contributed by atoms with Gasteiger partial charge >= 0.3 is 12.2 Å². The highest BCUT2D eigenvalue weighted by atomic mass is 32.1. The van der Waals surface area contributed by atoms with E-state index >= 15 is 4.39 Å². The van der Waals surface area contributed by atoms with Crippen LogP contribution in [0.3, 0.4) is 0 Å². The molecule has 3 aliphatic heterocycles. The van der Waals surface area contributed by atoms with Gasteiger partial charge in [0.15, 0.2) is 10.9 Å². The molecule has 8 rings (SSSR count). The van der Waals surface area contributed by atoms with E-state index in [0.717, 1.165) is 68.3 Å². The number of aromatic nitrogens is 3. The van der Waals surface area contributed by atoms with Crippen molar-refractivity contribution in [3.8, 4) is 17.1 Å². The number of likely N-dealkylation sites (N-methyl/N-ethyl adjacent to an activating group) is 1. The summed E-state index contributed by atoms with van der Waals surface area (Å²) in [4.78, 5) is 16.9. The van der Waals surface area contributed by atoms with Crippen LogP contribution in [0.4, 0.5) is 37.3 Å². The van der Waals surface area contributed by atoms with E-state index in [-0.39, 0.29) is 68.1 Å². The zero-order valence-electron chi connectivity index (χ0n) is 24.9. The van der Waals surface area contributed by atoms with E-state index in [2.05, 4.69) is 25.2 Å². The molecule has 0 bridgehead atoms. The van der Waals surface area contributed by atoms with Crippen LogP contribution in [0, 0.1) is 17.0 Å². The van der Waals surface area contributed by atoms with Gasteiger partial charge in [-0.3, -0.25) is 4.90 Å². The average Bonchev–Trinajstić information content (AvgIpc) is 3.27. The van der Waals surface area contributed by atoms with Gasteiger partial charge in [0.1, 0.15) is 29.9 Å². The number of benzene rings is 2. The van der Waals surface area contributed by atoms with Crippen LogP contribution in [0.1, 0.15) is 37.7 Å². The summed E-state index contributed by atoms with van der Waals surface area (Å²) in [5, 5.41) is 3.17. The van der Waals surface area contributed by atoms with Crippen LogP contribution in [0.5, 0.6) is 6.01 Å². The minimum atomic E-state index is -5.00. The molecular weight excluding hydrogens is 632 g/mol. The first-order valence-corrected chi connectivity index (χ1v) is 16.1. The van der Waals surface area contributed by atoms with Crippen molar-refractivity contribution in [1.29, 1.82) is 0 Å². The lowest BCUT2D eigenvalue weighted by Crippen LogP contribution is -2.43. The maximum absolute atomic E-state index is 16.9. The molecule has 1 saturated carbocycles. The summed E-state index contributed by atoms with van der Waals surface area (Å²) in [6, 6.07) is 2.60. The summed E-state index contributed by atoms with van der Waals surface area (Å²) in [7, 11) is 1.74. The maximum Gasteiger partial charge on any atom is 0.417 e. The van der Waals surface area contributed by atoms with E-state index in [1.54, 1.807) is 11.9 Å². The normalized spacial score (nSPS) is 25.6. The van der Waals surface area contributed by atoms with Gasteiger partial charge in [0.05, 0.1) is 21.3 Å². The van der Waals surface area contributed by atoms with Crippen molar-refractivity contribution in [3.63, 3.8) is 0 Å². The van der Waals surface area contributed by atoms with E-state index in [9.17, 15) is 22.0 Å². The number of alkyl halides is 4. The van der Waals surface area contributed by atoms with Crippen LogP contribution in [-0.2, 0) is 6.18 Å². The number of hydrogen-bond donors (Lipinski definition) is 2. The molecule has 4 aliphatic rings. The largest absolute Gasteiger partial charge is 0.461 e. The van der Waals surface area contributed by atoms with Crippen molar-refractivity contribution in [2.75, 3.05) is 50.5 Å². The molecule has 0 unspecified atom stereocenters. The van der Waals surface area contributed by atoms with Crippen LogP contribution in [-0.4, -0.2) is 77.4 Å². The predicted octanol–water partition coefficient (Wildman–Crippen LogP) is 5.93. The van der Waals surface area contributed by atoms with Crippen molar-refractivity contribution in [2.45, 2.75) is 56.0 Å². The first kappa shape index (κ1) is 29.9. The zero-order valence-corrected chi connectivity index (χ0v) is 25.7. The van der Waals surface area contributed by atoms with Crippen LogP contribution in [0.15, 0.2) is 18.2 Å². The van der Waals surface area contributed by atoms with Gasteiger partial charge in [-0.05, 0) is 50.4 Å². The molecule has 15 heteroatoms. The monoisotopic (exact) mass is 663 g/mol. The molecule has 8 nitrogen and oxygen atoms in total. The summed E-state index contributed by atoms with van der Waals surface area (Å²) < 4.78 is 96.5. The number of nitrogens with one attached hydrogen (secondary N) is 1. The third-order valence-corrected chi connectivity index (χ3v) is 11.3. The van der Waals surface area contributed by atoms with Gasteiger partial charge in [-0.15, -0.1) is 0 Å². The Morgan fingerprint density at radius 1 is 1.15 bits per heavy atom. The number of thiazole rings is 1. The molecule has 3 N–H and O–H groups in total.